The van der Waals surface area contributed by atoms with Crippen LogP contribution in [-0.4, -0.2) is 61.5 Å². The lowest BCUT2D eigenvalue weighted by Crippen LogP contribution is -2.40. The molecule has 3 N–H and O–H groups in total. The Morgan fingerprint density at radius 1 is 0.891 bits per heavy atom. The van der Waals surface area contributed by atoms with Crippen LogP contribution in [0.15, 0.2) is 76.5 Å². The molecule has 296 valence electrons. The van der Waals surface area contributed by atoms with Gasteiger partial charge in [-0.2, -0.15) is 4.68 Å². The zero-order valence-corrected chi connectivity index (χ0v) is 33.9. The number of anilines is 2. The van der Waals surface area contributed by atoms with Gasteiger partial charge in [-0.1, -0.05) is 101 Å². The number of nitrogens with zero attached hydrogens (tertiary/aromatic N) is 4. The summed E-state index contributed by atoms with van der Waals surface area (Å²) in [5, 5.41) is 3.38. The van der Waals surface area contributed by atoms with Gasteiger partial charge in [0.25, 0.3) is 11.5 Å². The van der Waals surface area contributed by atoms with Crippen LogP contribution in [-0.2, 0) is 19.6 Å². The fraction of sp³-hybridized carbons (Fsp3) is 0.439. The van der Waals surface area contributed by atoms with E-state index in [1.807, 2.05) is 30.9 Å². The Morgan fingerprint density at radius 3 is 2.20 bits per heavy atom. The fourth-order valence-electron chi connectivity index (χ4n) is 6.21. The van der Waals surface area contributed by atoms with Gasteiger partial charge in [0.2, 0.25) is 15.9 Å². The molecule has 0 fully saturated rings. The maximum atomic E-state index is 14.2. The lowest BCUT2D eigenvalue weighted by atomic mass is 10.1. The van der Waals surface area contributed by atoms with Crippen molar-refractivity contribution in [3.8, 4) is 0 Å². The molecule has 4 rings (SSSR count). The summed E-state index contributed by atoms with van der Waals surface area (Å²) in [6.45, 7) is 7.30. The molecular weight excluding hydrogens is 738 g/mol. The molecule has 12 nitrogen and oxygen atoms in total. The van der Waals surface area contributed by atoms with Gasteiger partial charge in [0.15, 0.2) is 11.5 Å². The van der Waals surface area contributed by atoms with Crippen molar-refractivity contribution in [3.63, 3.8) is 0 Å². The summed E-state index contributed by atoms with van der Waals surface area (Å²) >= 11 is 6.42. The summed E-state index contributed by atoms with van der Waals surface area (Å²) in [6, 6.07) is 18.9. The van der Waals surface area contributed by atoms with Gasteiger partial charge in [0, 0.05) is 31.7 Å². The van der Waals surface area contributed by atoms with Crippen molar-refractivity contribution in [1.29, 1.82) is 0 Å². The molecule has 0 radical (unpaired) electrons. The smallest absolute Gasteiger partial charge is 0.280 e. The van der Waals surface area contributed by atoms with E-state index in [4.69, 9.17) is 21.6 Å². The fourth-order valence-corrected chi connectivity index (χ4v) is 6.86. The van der Waals surface area contributed by atoms with E-state index in [0.29, 0.717) is 47.0 Å². The molecule has 0 aliphatic carbocycles. The number of hydrogen-bond acceptors (Lipinski definition) is 8. The molecule has 1 heterocycles. The first kappa shape index (κ1) is 43.1. The highest BCUT2D eigenvalue weighted by atomic mass is 35.5. The number of nitrogens with one attached hydrogen (secondary N) is 3. The monoisotopic (exact) mass is 791 g/mol. The Kier molecular flexibility index (Phi) is 16.9. The normalized spacial score (nSPS) is 11.8. The van der Waals surface area contributed by atoms with E-state index in [1.165, 1.54) is 38.5 Å². The molecule has 0 saturated heterocycles. The largest absolute Gasteiger partial charge is 0.370 e. The van der Waals surface area contributed by atoms with Gasteiger partial charge < -0.3 is 10.2 Å². The van der Waals surface area contributed by atoms with Gasteiger partial charge in [-0.3, -0.25) is 19.8 Å². The number of carbonyl (C=O) groups excluding carboxylic acids is 2. The van der Waals surface area contributed by atoms with Crippen molar-refractivity contribution in [2.24, 2.45) is 4.99 Å². The Labute approximate surface area is 329 Å². The highest BCUT2D eigenvalue weighted by molar-refractivity contribution is 7.88. The van der Waals surface area contributed by atoms with Crippen LogP contribution in [0, 0.1) is 6.92 Å². The quantitative estimate of drug-likeness (QED) is 0.0541. The van der Waals surface area contributed by atoms with E-state index in [1.54, 1.807) is 54.6 Å². The molecule has 14 heteroatoms. The molecule has 3 aromatic carbocycles. The number of rotatable bonds is 22. The number of amides is 2. The average molecular weight is 792 g/mol. The molecule has 0 atom stereocenters. The molecule has 0 spiro atoms. The highest BCUT2D eigenvalue weighted by Crippen LogP contribution is 2.27. The molecule has 0 aliphatic rings. The van der Waals surface area contributed by atoms with Gasteiger partial charge in [-0.15, -0.1) is 0 Å². The first-order valence-corrected chi connectivity index (χ1v) is 21.5. The number of carbonyl (C=O) groups is 2. The van der Waals surface area contributed by atoms with E-state index in [9.17, 15) is 22.8 Å². The van der Waals surface area contributed by atoms with Gasteiger partial charge >= 0.3 is 0 Å². The number of para-hydroxylation sites is 2. The molecule has 0 saturated carbocycles. The topological polar surface area (TPSA) is 155 Å². The molecule has 2 amide bonds. The lowest BCUT2D eigenvalue weighted by Gasteiger charge is -2.24. The number of fused-ring (bicyclic) bond motifs is 1. The van der Waals surface area contributed by atoms with Crippen molar-refractivity contribution in [3.05, 3.63) is 93.5 Å². The van der Waals surface area contributed by atoms with Crippen molar-refractivity contribution in [2.75, 3.05) is 41.5 Å². The standard InChI is InChI=1S/C41H54ClN7O5S/c1-5-7-8-9-10-11-12-13-14-15-24-37(50)47-49-39(45-35-22-18-16-20-32(35)41(49)52)38(40(51)46-36-23-19-17-21-33(36)42)44-34-26-25-31(29-30(34)3)48(6-2)28-27-43-55(4,53)54/h16-23,25-26,29,43H,5-15,24,27-28H2,1-4H3,(H,46,51)(H,47,50). The molecule has 0 unspecified atom stereocenters. The molecule has 55 heavy (non-hydrogen) atoms. The van der Waals surface area contributed by atoms with Crippen LogP contribution in [0.5, 0.6) is 0 Å². The second kappa shape index (κ2) is 21.5. The van der Waals surface area contributed by atoms with Gasteiger partial charge in [0.05, 0.1) is 33.6 Å². The SMILES string of the molecule is CCCCCCCCCCCCC(=O)Nn1c(C(=Nc2ccc(N(CC)CCNS(C)(=O)=O)cc2C)C(=O)Nc2ccccc2Cl)nc2ccccc2c1=O. The number of aryl methyl sites for hydroxylation is 1. The van der Waals surface area contributed by atoms with Crippen LogP contribution >= 0.6 is 11.6 Å². The van der Waals surface area contributed by atoms with Crippen molar-refractivity contribution in [2.45, 2.75) is 91.4 Å². The molecule has 0 bridgehead atoms. The van der Waals surface area contributed by atoms with Crippen LogP contribution in [0.4, 0.5) is 17.1 Å². The third-order valence-electron chi connectivity index (χ3n) is 9.22. The average Bonchev–Trinajstić information content (AvgIpc) is 3.15. The van der Waals surface area contributed by atoms with E-state index in [2.05, 4.69) is 22.4 Å². The first-order chi connectivity index (χ1) is 26.4. The lowest BCUT2D eigenvalue weighted by molar-refractivity contribution is -0.117. The van der Waals surface area contributed by atoms with Crippen LogP contribution in [0.2, 0.25) is 5.02 Å². The maximum Gasteiger partial charge on any atom is 0.280 e. The zero-order chi connectivity index (χ0) is 39.8. The third-order valence-corrected chi connectivity index (χ3v) is 10.3. The van der Waals surface area contributed by atoms with E-state index in [0.717, 1.165) is 35.9 Å². The number of unbranched alkanes of at least 4 members (excludes halogenated alkanes) is 9. The summed E-state index contributed by atoms with van der Waals surface area (Å²) in [6.07, 6.45) is 12.5. The Hall–Kier alpha value is -4.59. The van der Waals surface area contributed by atoms with Crippen LogP contribution in [0.25, 0.3) is 10.9 Å². The van der Waals surface area contributed by atoms with Crippen molar-refractivity contribution < 1.29 is 18.0 Å². The Bertz CT molecular complexity index is 2120. The first-order valence-electron chi connectivity index (χ1n) is 19.2. The predicted molar refractivity (Wildman–Crippen MR) is 225 cm³/mol. The third kappa shape index (κ3) is 13.3. The van der Waals surface area contributed by atoms with Gasteiger partial charge in [-0.25, -0.2) is 23.1 Å². The van der Waals surface area contributed by atoms with E-state index in [-0.39, 0.29) is 35.8 Å². The number of halogens is 1. The van der Waals surface area contributed by atoms with Crippen molar-refractivity contribution in [1.82, 2.24) is 14.4 Å². The summed E-state index contributed by atoms with van der Waals surface area (Å²) in [4.78, 5) is 53.2. The molecular formula is C41H54ClN7O5S. The Morgan fingerprint density at radius 2 is 1.55 bits per heavy atom. The van der Waals surface area contributed by atoms with E-state index < -0.39 is 21.5 Å². The summed E-state index contributed by atoms with van der Waals surface area (Å²) < 4.78 is 26.8. The molecule has 0 aliphatic heterocycles. The summed E-state index contributed by atoms with van der Waals surface area (Å²) in [5.41, 5.74) is 4.57. The number of aromatic nitrogens is 2. The maximum absolute atomic E-state index is 14.2. The predicted octanol–water partition coefficient (Wildman–Crippen LogP) is 7.87. The minimum Gasteiger partial charge on any atom is -0.370 e. The number of hydrogen-bond donors (Lipinski definition) is 3. The Balaban J connectivity index is 1.67. The van der Waals surface area contributed by atoms with Crippen LogP contribution in [0.1, 0.15) is 95.9 Å². The molecule has 4 aromatic rings. The number of aliphatic imine (C=N–C) groups is 1. The van der Waals surface area contributed by atoms with Crippen molar-refractivity contribution >= 4 is 67.1 Å². The second-order valence-corrected chi connectivity index (χ2v) is 15.9. The zero-order valence-electron chi connectivity index (χ0n) is 32.4. The van der Waals surface area contributed by atoms with Crippen LogP contribution < -0.4 is 25.9 Å². The number of likely N-dealkylation sites (N-methyl/N-ethyl adjacent to an activating group) is 1. The second-order valence-electron chi connectivity index (χ2n) is 13.7. The summed E-state index contributed by atoms with van der Waals surface area (Å²) in [7, 11) is -3.34. The van der Waals surface area contributed by atoms with Crippen LogP contribution in [0.3, 0.4) is 0 Å². The molecule has 1 aromatic heterocycles. The van der Waals surface area contributed by atoms with Gasteiger partial charge in [-0.05, 0) is 68.3 Å². The minimum absolute atomic E-state index is 0.143. The highest BCUT2D eigenvalue weighted by Gasteiger charge is 2.25. The number of sulfonamides is 1. The van der Waals surface area contributed by atoms with Gasteiger partial charge in [0.1, 0.15) is 0 Å². The van der Waals surface area contributed by atoms with E-state index >= 15 is 0 Å². The summed E-state index contributed by atoms with van der Waals surface area (Å²) in [5.74, 6) is -1.22. The number of benzene rings is 3. The minimum atomic E-state index is -3.34.